The molecule has 0 saturated carbocycles. The van der Waals surface area contributed by atoms with Crippen LogP contribution in [0.4, 0.5) is 0 Å². The Balaban J connectivity index is 3.57. The molecule has 0 N–H and O–H groups in total. The molecule has 3 nitrogen and oxygen atoms in total. The number of hydrogen-bond donors (Lipinski definition) is 0. The van der Waals surface area contributed by atoms with Crippen molar-refractivity contribution in [1.29, 1.82) is 1.28 Å². The summed E-state index contributed by atoms with van der Waals surface area (Å²) in [5, 5.41) is 2.55. The third-order valence-corrected chi connectivity index (χ3v) is 0.862. The van der Waals surface area contributed by atoms with Crippen molar-refractivity contribution in [3.63, 3.8) is 0 Å². The quantitative estimate of drug-likeness (QED) is 0.301. The van der Waals surface area contributed by atoms with E-state index in [1.165, 1.54) is 22.0 Å². The Hall–Kier alpha value is 0.625. The van der Waals surface area contributed by atoms with Crippen LogP contribution in [-0.2, 0) is 9.19 Å². The molecule has 0 spiro atoms. The van der Waals surface area contributed by atoms with Crippen LogP contribution >= 0.6 is 27.7 Å². The Kier molecular flexibility index (Phi) is 3.03. The van der Waals surface area contributed by atoms with Crippen LogP contribution in [0, 0.1) is 0 Å². The summed E-state index contributed by atoms with van der Waals surface area (Å²) in [6, 6.07) is 0. The van der Waals surface area contributed by atoms with Crippen molar-refractivity contribution >= 4 is 35.3 Å². The molecule has 0 aromatic rings. The Bertz CT molecular complexity index is 110. The van der Waals surface area contributed by atoms with Crippen LogP contribution < -0.4 is 0 Å². The van der Waals surface area contributed by atoms with Gasteiger partial charge in [-0.1, -0.05) is 0 Å². The van der Waals surface area contributed by atoms with Gasteiger partial charge in [0.25, 0.3) is 0 Å². The molecule has 0 aliphatic heterocycles. The molecule has 0 amide bonds. The number of rotatable bonds is 2. The van der Waals surface area contributed by atoms with E-state index < -0.39 is 5.62 Å². The zero-order chi connectivity index (χ0) is 5.91. The van der Waals surface area contributed by atoms with Crippen LogP contribution in [0.15, 0.2) is 5.06 Å². The Morgan fingerprint density at radius 2 is 2.83 bits per heavy atom. The standard InChI is InChI=1S/BHINO2P/c1-3-5-6(2)4/h6H/i6T. The van der Waals surface area contributed by atoms with Gasteiger partial charge in [0.15, 0.2) is 0 Å². The molecule has 0 aromatic carbocycles. The molecule has 1 radical (unpaired) electrons. The molecule has 0 heterocycles. The summed E-state index contributed by atoms with van der Waals surface area (Å²) in [7, 11) is 4.42. The van der Waals surface area contributed by atoms with Crippen molar-refractivity contribution in [2.24, 2.45) is 5.06 Å². The summed E-state index contributed by atoms with van der Waals surface area (Å²) in [5.41, 5.74) is -3.24. The predicted molar refractivity (Wildman–Crippen MR) is 32.3 cm³/mol. The monoisotopic (exact) mass is 218 g/mol. The van der Waals surface area contributed by atoms with Crippen molar-refractivity contribution in [1.82, 2.24) is 0 Å². The molecule has 0 rings (SSSR count). The second kappa shape index (κ2) is 3.80. The van der Waals surface area contributed by atoms with Crippen molar-refractivity contribution in [2.75, 3.05) is 0 Å². The number of halogens is 1. The van der Waals surface area contributed by atoms with E-state index in [2.05, 4.69) is 17.3 Å². The van der Waals surface area contributed by atoms with Crippen LogP contribution in [0.2, 0.25) is 0 Å². The first-order valence-electron chi connectivity index (χ1n) is 1.42. The van der Waals surface area contributed by atoms with Crippen LogP contribution in [0.25, 0.3) is 0 Å². The maximum absolute atomic E-state index is 10.1. The van der Waals surface area contributed by atoms with Crippen molar-refractivity contribution in [3.8, 4) is 0 Å². The van der Waals surface area contributed by atoms with Crippen molar-refractivity contribution < 1.29 is 9.19 Å². The number of hydrogen-bond acceptors (Lipinski definition) is 3. The summed E-state index contributed by atoms with van der Waals surface area (Å²) in [4.78, 5) is 0. The fraction of sp³-hybridized carbons (Fsp3) is 0. The average Bonchev–Trinajstić information content (AvgIpc) is 1.30. The molecular weight excluding hydrogens is 215 g/mol. The summed E-state index contributed by atoms with van der Waals surface area (Å²) >= 11 is 1.30. The Morgan fingerprint density at radius 3 is 2.83 bits per heavy atom. The van der Waals surface area contributed by atoms with Gasteiger partial charge in [0.05, 0.1) is 0 Å². The molecule has 0 bridgehead atoms. The van der Waals surface area contributed by atoms with E-state index in [9.17, 15) is 4.57 Å². The first-order chi connectivity index (χ1) is 3.06. The van der Waals surface area contributed by atoms with Gasteiger partial charge < -0.3 is 0 Å². The second-order valence-electron chi connectivity index (χ2n) is 0.400. The topological polar surface area (TPSA) is 38.7 Å². The molecule has 0 saturated heterocycles. The van der Waals surface area contributed by atoms with Gasteiger partial charge in [-0.15, -0.1) is 0 Å². The van der Waals surface area contributed by atoms with E-state index in [0.29, 0.717) is 0 Å². The van der Waals surface area contributed by atoms with Gasteiger partial charge in [-0.3, -0.25) is 0 Å². The van der Waals surface area contributed by atoms with Gasteiger partial charge in [-0.2, -0.15) is 0 Å². The second-order valence-corrected chi connectivity index (χ2v) is 3.35. The zero-order valence-corrected chi connectivity index (χ0v) is 5.72. The molecule has 1 unspecified atom stereocenters. The molecule has 0 fully saturated rings. The molecule has 0 aromatic heterocycles. The fourth-order valence-corrected chi connectivity index (χ4v) is 0.416. The van der Waals surface area contributed by atoms with E-state index >= 15 is 0 Å². The SMILES string of the molecule is [3H]P(=O)(I)ON=[B]. The molecule has 6 heavy (non-hydrogen) atoms. The molecule has 0 aliphatic carbocycles. The Morgan fingerprint density at radius 1 is 2.33 bits per heavy atom. The third-order valence-electron chi connectivity index (χ3n) is 0.111. The summed E-state index contributed by atoms with van der Waals surface area (Å²) in [6.07, 6.45) is 0. The van der Waals surface area contributed by atoms with E-state index in [1.54, 1.807) is 0 Å². The first kappa shape index (κ1) is 4.78. The van der Waals surface area contributed by atoms with E-state index in [0.717, 1.165) is 0 Å². The summed E-state index contributed by atoms with van der Waals surface area (Å²) < 4.78 is 20.4. The fourth-order valence-electron chi connectivity index (χ4n) is 0.0371. The van der Waals surface area contributed by atoms with Crippen LogP contribution in [0.1, 0.15) is 0 Å². The molecule has 1 atom stereocenters. The summed E-state index contributed by atoms with van der Waals surface area (Å²) in [6.45, 7) is 0. The van der Waals surface area contributed by atoms with Gasteiger partial charge in [-0.25, -0.2) is 0 Å². The molecular formula is HBINO2P. The van der Waals surface area contributed by atoms with E-state index in [1.807, 2.05) is 0 Å². The van der Waals surface area contributed by atoms with Crippen molar-refractivity contribution in [2.45, 2.75) is 0 Å². The molecule has 0 aliphatic rings. The van der Waals surface area contributed by atoms with Crippen LogP contribution in [-0.4, -0.2) is 8.92 Å². The van der Waals surface area contributed by atoms with Crippen LogP contribution in [0.5, 0.6) is 0 Å². The Labute approximate surface area is 51.2 Å². The molecule has 33 valence electrons. The minimum atomic E-state index is -3.24. The molecule has 6 heteroatoms. The van der Waals surface area contributed by atoms with Crippen LogP contribution in [0.3, 0.4) is 0 Å². The third kappa shape index (κ3) is 4.62. The minimum absolute atomic E-state index is 1.30. The number of nitrogens with zero attached hydrogens (tertiary/aromatic N) is 1. The average molecular weight is 218 g/mol. The normalized spacial score (nSPS) is 20.3. The zero-order valence-electron chi connectivity index (χ0n) is 3.67. The van der Waals surface area contributed by atoms with E-state index in [-0.39, 0.29) is 0 Å². The summed E-state index contributed by atoms with van der Waals surface area (Å²) in [5.74, 6) is 0. The first-order valence-corrected chi connectivity index (χ1v) is 4.94. The van der Waals surface area contributed by atoms with Gasteiger partial charge in [-0.05, 0) is 0 Å². The van der Waals surface area contributed by atoms with Crippen molar-refractivity contribution in [3.05, 3.63) is 0 Å². The van der Waals surface area contributed by atoms with E-state index in [4.69, 9.17) is 1.28 Å². The maximum atomic E-state index is 10.1. The van der Waals surface area contributed by atoms with Gasteiger partial charge in [0.2, 0.25) is 0 Å². The van der Waals surface area contributed by atoms with Gasteiger partial charge >= 0.3 is 50.8 Å². The van der Waals surface area contributed by atoms with Gasteiger partial charge in [0, 0.05) is 0 Å². The van der Waals surface area contributed by atoms with Gasteiger partial charge in [0.1, 0.15) is 0 Å². The predicted octanol–water partition coefficient (Wildman–Crippen LogP) is 1.09.